The van der Waals surface area contributed by atoms with Gasteiger partial charge in [0.25, 0.3) is 0 Å². The molecule has 3 heterocycles. The molecule has 104 valence electrons. The molecule has 6 nitrogen and oxygen atoms in total. The Bertz CT molecular complexity index is 722. The van der Waals surface area contributed by atoms with Crippen molar-refractivity contribution in [2.75, 3.05) is 7.05 Å². The number of halogens is 1. The van der Waals surface area contributed by atoms with Crippen molar-refractivity contribution in [2.24, 2.45) is 7.05 Å². The monoisotopic (exact) mass is 291 g/mol. The van der Waals surface area contributed by atoms with Crippen LogP contribution >= 0.6 is 11.6 Å². The SMILES string of the molecule is CN(Cc1nc(Cl)c2cnn(C)c2n1)Cc1ccco1. The molecule has 3 aromatic rings. The van der Waals surface area contributed by atoms with Crippen LogP contribution in [-0.4, -0.2) is 31.7 Å². The topological polar surface area (TPSA) is 60.0 Å². The lowest BCUT2D eigenvalue weighted by molar-refractivity contribution is 0.281. The van der Waals surface area contributed by atoms with Crippen LogP contribution in [-0.2, 0) is 20.1 Å². The van der Waals surface area contributed by atoms with E-state index in [1.165, 1.54) is 0 Å². The molecule has 0 unspecified atom stereocenters. The van der Waals surface area contributed by atoms with Gasteiger partial charge in [0.2, 0.25) is 0 Å². The number of nitrogens with zero attached hydrogens (tertiary/aromatic N) is 5. The van der Waals surface area contributed by atoms with E-state index >= 15 is 0 Å². The highest BCUT2D eigenvalue weighted by molar-refractivity contribution is 6.33. The summed E-state index contributed by atoms with van der Waals surface area (Å²) < 4.78 is 7.01. The van der Waals surface area contributed by atoms with Gasteiger partial charge in [-0.1, -0.05) is 11.6 Å². The first-order valence-electron chi connectivity index (χ1n) is 6.18. The summed E-state index contributed by atoms with van der Waals surface area (Å²) in [5.74, 6) is 1.57. The Balaban J connectivity index is 1.81. The molecule has 0 aromatic carbocycles. The Morgan fingerprint density at radius 2 is 2.20 bits per heavy atom. The van der Waals surface area contributed by atoms with Crippen LogP contribution < -0.4 is 0 Å². The highest BCUT2D eigenvalue weighted by atomic mass is 35.5. The van der Waals surface area contributed by atoms with Crippen LogP contribution in [0.1, 0.15) is 11.6 Å². The van der Waals surface area contributed by atoms with Gasteiger partial charge in [0.1, 0.15) is 16.7 Å². The lowest BCUT2D eigenvalue weighted by Gasteiger charge is -2.14. The Labute approximate surface area is 121 Å². The highest BCUT2D eigenvalue weighted by Crippen LogP contribution is 2.19. The maximum absolute atomic E-state index is 6.16. The third-order valence-electron chi connectivity index (χ3n) is 3.01. The number of fused-ring (bicyclic) bond motifs is 1. The van der Waals surface area contributed by atoms with Crippen LogP contribution in [0, 0.1) is 0 Å². The average Bonchev–Trinajstić information content (AvgIpc) is 3.00. The summed E-state index contributed by atoms with van der Waals surface area (Å²) in [6.07, 6.45) is 3.34. The molecule has 0 N–H and O–H groups in total. The van der Waals surface area contributed by atoms with Crippen molar-refractivity contribution in [2.45, 2.75) is 13.1 Å². The number of rotatable bonds is 4. The molecule has 0 saturated heterocycles. The molecule has 0 amide bonds. The number of hydrogen-bond donors (Lipinski definition) is 0. The largest absolute Gasteiger partial charge is 0.468 e. The standard InChI is InChI=1S/C13H14ClN5O/c1-18(7-9-4-3-5-20-9)8-11-16-12(14)10-6-15-19(2)13(10)17-11/h3-6H,7-8H2,1-2H3. The van der Waals surface area contributed by atoms with Crippen LogP contribution in [0.2, 0.25) is 5.15 Å². The number of aryl methyl sites for hydroxylation is 1. The summed E-state index contributed by atoms with van der Waals surface area (Å²) in [6.45, 7) is 1.28. The Hall–Kier alpha value is -1.92. The van der Waals surface area contributed by atoms with Crippen LogP contribution in [0.4, 0.5) is 0 Å². The molecule has 20 heavy (non-hydrogen) atoms. The quantitative estimate of drug-likeness (QED) is 0.690. The molecule has 0 aliphatic rings. The van der Waals surface area contributed by atoms with Gasteiger partial charge < -0.3 is 4.42 Å². The van der Waals surface area contributed by atoms with E-state index in [9.17, 15) is 0 Å². The predicted octanol–water partition coefficient (Wildman–Crippen LogP) is 2.24. The van der Waals surface area contributed by atoms with Crippen molar-refractivity contribution >= 4 is 22.6 Å². The van der Waals surface area contributed by atoms with Gasteiger partial charge in [-0.15, -0.1) is 0 Å². The van der Waals surface area contributed by atoms with Crippen molar-refractivity contribution in [3.63, 3.8) is 0 Å². The van der Waals surface area contributed by atoms with Crippen LogP contribution in [0.3, 0.4) is 0 Å². The van der Waals surface area contributed by atoms with Gasteiger partial charge in [0, 0.05) is 7.05 Å². The second-order valence-electron chi connectivity index (χ2n) is 4.69. The molecular formula is C13H14ClN5O. The summed E-state index contributed by atoms with van der Waals surface area (Å²) in [7, 11) is 3.81. The van der Waals surface area contributed by atoms with Crippen LogP contribution in [0.25, 0.3) is 11.0 Å². The van der Waals surface area contributed by atoms with Crippen molar-refractivity contribution in [1.82, 2.24) is 24.6 Å². The van der Waals surface area contributed by atoms with Gasteiger partial charge in [-0.2, -0.15) is 5.10 Å². The molecule has 0 radical (unpaired) electrons. The maximum Gasteiger partial charge on any atom is 0.162 e. The van der Waals surface area contributed by atoms with Gasteiger partial charge >= 0.3 is 0 Å². The molecule has 0 atom stereocenters. The molecule has 7 heteroatoms. The van der Waals surface area contributed by atoms with Crippen molar-refractivity contribution in [3.05, 3.63) is 41.3 Å². The lowest BCUT2D eigenvalue weighted by atomic mass is 10.4. The Morgan fingerprint density at radius 1 is 1.35 bits per heavy atom. The zero-order valence-electron chi connectivity index (χ0n) is 11.2. The van der Waals surface area contributed by atoms with E-state index in [1.807, 2.05) is 26.2 Å². The van der Waals surface area contributed by atoms with E-state index in [2.05, 4.69) is 20.0 Å². The minimum absolute atomic E-state index is 0.435. The molecule has 0 aliphatic carbocycles. The summed E-state index contributed by atoms with van der Waals surface area (Å²) in [5, 5.41) is 5.34. The summed E-state index contributed by atoms with van der Waals surface area (Å²) in [4.78, 5) is 10.9. The van der Waals surface area contributed by atoms with E-state index in [1.54, 1.807) is 17.1 Å². The number of aromatic nitrogens is 4. The first-order chi connectivity index (χ1) is 9.63. The number of hydrogen-bond acceptors (Lipinski definition) is 5. The first-order valence-corrected chi connectivity index (χ1v) is 6.56. The van der Waals surface area contributed by atoms with E-state index in [4.69, 9.17) is 16.0 Å². The molecule has 0 bridgehead atoms. The van der Waals surface area contributed by atoms with E-state index in [0.717, 1.165) is 16.8 Å². The second-order valence-corrected chi connectivity index (χ2v) is 5.05. The normalized spacial score (nSPS) is 11.6. The van der Waals surface area contributed by atoms with Gasteiger partial charge in [-0.3, -0.25) is 9.58 Å². The highest BCUT2D eigenvalue weighted by Gasteiger charge is 2.12. The second kappa shape index (κ2) is 5.22. The van der Waals surface area contributed by atoms with Crippen molar-refractivity contribution < 1.29 is 4.42 Å². The van der Waals surface area contributed by atoms with Gasteiger partial charge in [-0.05, 0) is 19.2 Å². The third kappa shape index (κ3) is 2.52. The molecule has 0 aliphatic heterocycles. The fraction of sp³-hybridized carbons (Fsp3) is 0.308. The van der Waals surface area contributed by atoms with E-state index < -0.39 is 0 Å². The summed E-state index contributed by atoms with van der Waals surface area (Å²) in [6, 6.07) is 3.81. The molecule has 0 spiro atoms. The first kappa shape index (κ1) is 13.1. The van der Waals surface area contributed by atoms with Gasteiger partial charge in [0.15, 0.2) is 5.65 Å². The van der Waals surface area contributed by atoms with Crippen molar-refractivity contribution in [1.29, 1.82) is 0 Å². The zero-order valence-corrected chi connectivity index (χ0v) is 12.0. The van der Waals surface area contributed by atoms with Crippen molar-refractivity contribution in [3.8, 4) is 0 Å². The Kier molecular flexibility index (Phi) is 3.42. The smallest absolute Gasteiger partial charge is 0.162 e. The Morgan fingerprint density at radius 3 is 2.95 bits per heavy atom. The minimum atomic E-state index is 0.435. The number of furan rings is 1. The lowest BCUT2D eigenvalue weighted by Crippen LogP contribution is -2.18. The predicted molar refractivity (Wildman–Crippen MR) is 75.2 cm³/mol. The van der Waals surface area contributed by atoms with E-state index in [0.29, 0.717) is 24.1 Å². The molecule has 3 rings (SSSR count). The fourth-order valence-corrected chi connectivity index (χ4v) is 2.30. The molecular weight excluding hydrogens is 278 g/mol. The summed E-state index contributed by atoms with van der Waals surface area (Å²) >= 11 is 6.16. The third-order valence-corrected chi connectivity index (χ3v) is 3.30. The average molecular weight is 292 g/mol. The molecule has 0 fully saturated rings. The zero-order chi connectivity index (χ0) is 14.1. The van der Waals surface area contributed by atoms with Crippen LogP contribution in [0.15, 0.2) is 29.0 Å². The van der Waals surface area contributed by atoms with Gasteiger partial charge in [-0.25, -0.2) is 9.97 Å². The minimum Gasteiger partial charge on any atom is -0.468 e. The molecule has 3 aromatic heterocycles. The van der Waals surface area contributed by atoms with E-state index in [-0.39, 0.29) is 0 Å². The fourth-order valence-electron chi connectivity index (χ4n) is 2.07. The van der Waals surface area contributed by atoms with Gasteiger partial charge in [0.05, 0.1) is 30.9 Å². The molecule has 0 saturated carbocycles. The summed E-state index contributed by atoms with van der Waals surface area (Å²) in [5.41, 5.74) is 0.742. The maximum atomic E-state index is 6.16. The van der Waals surface area contributed by atoms with Crippen LogP contribution in [0.5, 0.6) is 0 Å².